The number of aliphatic hydroxyl groups excluding tert-OH is 1. The molecule has 0 spiro atoms. The molecule has 0 bridgehead atoms. The van der Waals surface area contributed by atoms with E-state index in [1.54, 1.807) is 7.11 Å². The van der Waals surface area contributed by atoms with E-state index in [1.807, 2.05) is 24.3 Å². The van der Waals surface area contributed by atoms with Gasteiger partial charge in [-0.2, -0.15) is 4.98 Å². The van der Waals surface area contributed by atoms with Gasteiger partial charge in [0, 0.05) is 5.56 Å². The predicted molar refractivity (Wildman–Crippen MR) is 73.6 cm³/mol. The number of anilines is 1. The molecule has 20 heavy (non-hydrogen) atoms. The summed E-state index contributed by atoms with van der Waals surface area (Å²) in [5.74, 6) is 1.24. The fraction of sp³-hybridized carbons (Fsp3) is 0.429. The maximum Gasteiger partial charge on any atom is 0.322 e. The summed E-state index contributed by atoms with van der Waals surface area (Å²) in [4.78, 5) is 4.30. The summed E-state index contributed by atoms with van der Waals surface area (Å²) >= 11 is 0. The Labute approximate surface area is 116 Å². The summed E-state index contributed by atoms with van der Waals surface area (Å²) < 4.78 is 10.3. The Morgan fingerprint density at radius 3 is 3.05 bits per heavy atom. The van der Waals surface area contributed by atoms with Gasteiger partial charge in [0.2, 0.25) is 5.82 Å². The van der Waals surface area contributed by atoms with Crippen LogP contribution >= 0.6 is 0 Å². The standard InChI is InChI=1S/C14H17N3O3/c1-19-10-5-2-4-9(8-10)13-16-14(20-17-13)15-11-6-3-7-12(11)18/h2,4-5,8,11-12,18H,3,6-7H2,1H3,(H,15,16,17)/t11-,12-/m0/s1. The van der Waals surface area contributed by atoms with Gasteiger partial charge in [0.05, 0.1) is 19.3 Å². The third kappa shape index (κ3) is 2.60. The van der Waals surface area contributed by atoms with Gasteiger partial charge >= 0.3 is 6.01 Å². The van der Waals surface area contributed by atoms with Crippen molar-refractivity contribution in [2.75, 3.05) is 12.4 Å². The molecule has 0 amide bonds. The highest BCUT2D eigenvalue weighted by Gasteiger charge is 2.26. The molecule has 1 fully saturated rings. The third-order valence-electron chi connectivity index (χ3n) is 3.54. The molecular weight excluding hydrogens is 258 g/mol. The van der Waals surface area contributed by atoms with E-state index < -0.39 is 0 Å². The molecule has 0 aliphatic heterocycles. The number of rotatable bonds is 4. The molecule has 2 atom stereocenters. The normalized spacial score (nSPS) is 21.9. The van der Waals surface area contributed by atoms with Gasteiger partial charge in [0.1, 0.15) is 5.75 Å². The Bertz CT molecular complexity index is 585. The smallest absolute Gasteiger partial charge is 0.322 e. The number of hydrogen-bond acceptors (Lipinski definition) is 6. The van der Waals surface area contributed by atoms with Crippen LogP contribution in [0.3, 0.4) is 0 Å². The van der Waals surface area contributed by atoms with Crippen molar-refractivity contribution in [1.29, 1.82) is 0 Å². The van der Waals surface area contributed by atoms with Crippen molar-refractivity contribution in [2.24, 2.45) is 0 Å². The lowest BCUT2D eigenvalue weighted by Gasteiger charge is -2.13. The molecule has 1 aliphatic rings. The molecule has 106 valence electrons. The average molecular weight is 275 g/mol. The third-order valence-corrected chi connectivity index (χ3v) is 3.54. The van der Waals surface area contributed by atoms with Crippen molar-refractivity contribution in [2.45, 2.75) is 31.4 Å². The van der Waals surface area contributed by atoms with E-state index in [1.165, 1.54) is 0 Å². The van der Waals surface area contributed by atoms with Crippen molar-refractivity contribution in [3.05, 3.63) is 24.3 Å². The molecule has 0 radical (unpaired) electrons. The lowest BCUT2D eigenvalue weighted by molar-refractivity contribution is 0.170. The lowest BCUT2D eigenvalue weighted by Crippen LogP contribution is -2.27. The highest BCUT2D eigenvalue weighted by molar-refractivity contribution is 5.57. The largest absolute Gasteiger partial charge is 0.497 e. The first kappa shape index (κ1) is 12.9. The second-order valence-corrected chi connectivity index (χ2v) is 4.90. The van der Waals surface area contributed by atoms with Crippen LogP contribution in [0.25, 0.3) is 11.4 Å². The SMILES string of the molecule is COc1cccc(-c2noc(N[C@H]3CCC[C@@H]3O)n2)c1. The summed E-state index contributed by atoms with van der Waals surface area (Å²) in [6, 6.07) is 7.80. The number of benzene rings is 1. The minimum absolute atomic E-state index is 0.00592. The van der Waals surface area contributed by atoms with E-state index in [0.29, 0.717) is 11.8 Å². The Hall–Kier alpha value is -2.08. The van der Waals surface area contributed by atoms with Crippen LogP contribution in [-0.2, 0) is 0 Å². The average Bonchev–Trinajstić information content (AvgIpc) is 3.10. The number of ether oxygens (including phenoxy) is 1. The molecule has 1 saturated carbocycles. The van der Waals surface area contributed by atoms with Gasteiger partial charge < -0.3 is 19.7 Å². The first-order valence-electron chi connectivity index (χ1n) is 6.69. The van der Waals surface area contributed by atoms with Crippen molar-refractivity contribution in [3.8, 4) is 17.1 Å². The molecule has 1 aliphatic carbocycles. The fourth-order valence-corrected chi connectivity index (χ4v) is 2.43. The Morgan fingerprint density at radius 2 is 2.30 bits per heavy atom. The molecule has 6 nitrogen and oxygen atoms in total. The van der Waals surface area contributed by atoms with Crippen LogP contribution in [0.4, 0.5) is 6.01 Å². The number of hydrogen-bond donors (Lipinski definition) is 2. The molecule has 3 rings (SSSR count). The van der Waals surface area contributed by atoms with Crippen LogP contribution < -0.4 is 10.1 Å². The molecule has 0 unspecified atom stereocenters. The van der Waals surface area contributed by atoms with Crippen LogP contribution in [0, 0.1) is 0 Å². The van der Waals surface area contributed by atoms with E-state index in [0.717, 1.165) is 30.6 Å². The van der Waals surface area contributed by atoms with E-state index in [4.69, 9.17) is 9.26 Å². The van der Waals surface area contributed by atoms with Gasteiger partial charge in [0.15, 0.2) is 0 Å². The van der Waals surface area contributed by atoms with Crippen LogP contribution in [0.5, 0.6) is 5.75 Å². The van der Waals surface area contributed by atoms with Gasteiger partial charge in [-0.05, 0) is 31.4 Å². The number of nitrogens with zero attached hydrogens (tertiary/aromatic N) is 2. The van der Waals surface area contributed by atoms with Crippen molar-refractivity contribution in [1.82, 2.24) is 10.1 Å². The minimum Gasteiger partial charge on any atom is -0.497 e. The van der Waals surface area contributed by atoms with Crippen molar-refractivity contribution < 1.29 is 14.4 Å². The zero-order chi connectivity index (χ0) is 13.9. The molecule has 2 N–H and O–H groups in total. The van der Waals surface area contributed by atoms with E-state index in [-0.39, 0.29) is 12.1 Å². The highest BCUT2D eigenvalue weighted by Crippen LogP contribution is 2.25. The molecule has 1 aromatic carbocycles. The fourth-order valence-electron chi connectivity index (χ4n) is 2.43. The Balaban J connectivity index is 1.75. The van der Waals surface area contributed by atoms with Crippen LogP contribution in [-0.4, -0.2) is 34.5 Å². The Kier molecular flexibility index (Phi) is 3.56. The predicted octanol–water partition coefficient (Wildman–Crippen LogP) is 2.07. The number of nitrogens with one attached hydrogen (secondary N) is 1. The monoisotopic (exact) mass is 275 g/mol. The van der Waals surface area contributed by atoms with Gasteiger partial charge in [-0.25, -0.2) is 0 Å². The summed E-state index contributed by atoms with van der Waals surface area (Å²) in [6.07, 6.45) is 2.39. The first-order chi connectivity index (χ1) is 9.76. The number of methoxy groups -OCH3 is 1. The van der Waals surface area contributed by atoms with Crippen molar-refractivity contribution in [3.63, 3.8) is 0 Å². The highest BCUT2D eigenvalue weighted by atomic mass is 16.5. The zero-order valence-corrected chi connectivity index (χ0v) is 11.2. The zero-order valence-electron chi connectivity index (χ0n) is 11.2. The van der Waals surface area contributed by atoms with Gasteiger partial charge in [-0.3, -0.25) is 0 Å². The topological polar surface area (TPSA) is 80.4 Å². The summed E-state index contributed by atoms with van der Waals surface area (Å²) in [5.41, 5.74) is 0.827. The van der Waals surface area contributed by atoms with Gasteiger partial charge in [-0.1, -0.05) is 17.3 Å². The van der Waals surface area contributed by atoms with Crippen LogP contribution in [0.2, 0.25) is 0 Å². The molecule has 6 heteroatoms. The second-order valence-electron chi connectivity index (χ2n) is 4.90. The van der Waals surface area contributed by atoms with Gasteiger partial charge in [0.25, 0.3) is 0 Å². The maximum atomic E-state index is 9.77. The van der Waals surface area contributed by atoms with Crippen LogP contribution in [0.15, 0.2) is 28.8 Å². The summed E-state index contributed by atoms with van der Waals surface area (Å²) in [5, 5.41) is 16.8. The molecule has 2 aromatic rings. The minimum atomic E-state index is -0.345. The van der Waals surface area contributed by atoms with E-state index >= 15 is 0 Å². The quantitative estimate of drug-likeness (QED) is 0.889. The number of aromatic nitrogens is 2. The van der Waals surface area contributed by atoms with Gasteiger partial charge in [-0.15, -0.1) is 0 Å². The summed E-state index contributed by atoms with van der Waals surface area (Å²) in [7, 11) is 1.61. The van der Waals surface area contributed by atoms with Crippen molar-refractivity contribution >= 4 is 6.01 Å². The molecular formula is C14H17N3O3. The maximum absolute atomic E-state index is 9.77. The molecule has 1 heterocycles. The van der Waals surface area contributed by atoms with E-state index in [2.05, 4.69) is 15.5 Å². The second kappa shape index (κ2) is 5.50. The molecule has 1 aromatic heterocycles. The lowest BCUT2D eigenvalue weighted by atomic mass is 10.2. The first-order valence-corrected chi connectivity index (χ1v) is 6.69. The molecule has 0 saturated heterocycles. The number of aliphatic hydroxyl groups is 1. The Morgan fingerprint density at radius 1 is 1.40 bits per heavy atom. The van der Waals surface area contributed by atoms with Crippen LogP contribution in [0.1, 0.15) is 19.3 Å². The summed E-state index contributed by atoms with van der Waals surface area (Å²) in [6.45, 7) is 0. The van der Waals surface area contributed by atoms with E-state index in [9.17, 15) is 5.11 Å².